The Bertz CT molecular complexity index is 955. The minimum Gasteiger partial charge on any atom is -0.392 e. The summed E-state index contributed by atoms with van der Waals surface area (Å²) in [5.74, 6) is 2.56. The number of carbonyl (C=O) groups is 2. The Hall–Kier alpha value is -1.08. The molecule has 6 nitrogen and oxygen atoms in total. The van der Waals surface area contributed by atoms with Crippen LogP contribution in [0.3, 0.4) is 0 Å². The molecule has 2 saturated carbocycles. The molecule has 45 heavy (non-hydrogen) atoms. The van der Waals surface area contributed by atoms with Crippen LogP contribution in [0.25, 0.3) is 0 Å². The van der Waals surface area contributed by atoms with Crippen LogP contribution in [0.5, 0.6) is 0 Å². The highest BCUT2D eigenvalue weighted by Crippen LogP contribution is 2.46. The normalized spacial score (nSPS) is 33.0. The van der Waals surface area contributed by atoms with Crippen molar-refractivity contribution in [2.45, 2.75) is 168 Å². The molecular formula is C39H66O6. The Morgan fingerprint density at radius 2 is 1.64 bits per heavy atom. The van der Waals surface area contributed by atoms with Gasteiger partial charge in [-0.2, -0.15) is 0 Å². The first-order valence-corrected chi connectivity index (χ1v) is 18.8. The van der Waals surface area contributed by atoms with Gasteiger partial charge in [0.2, 0.25) is 0 Å². The molecule has 8 unspecified atom stereocenters. The SMILES string of the molecule is C=C(CC)CC(CCC(=O)CC(C1CC1)C(O)[C@@H]1OC(CCC(C)CC(=O)CC2CCO[C@H]2C)[C@H](CCC)C(O)C1C)C1CC1. The zero-order valence-electron chi connectivity index (χ0n) is 29.3. The van der Waals surface area contributed by atoms with Crippen molar-refractivity contribution in [1.82, 2.24) is 0 Å². The smallest absolute Gasteiger partial charge is 0.133 e. The molecule has 2 N–H and O–H groups in total. The number of Topliss-reactive ketones (excluding diaryl/α,β-unsaturated/α-hetero) is 2. The maximum atomic E-state index is 13.4. The van der Waals surface area contributed by atoms with Crippen LogP contribution in [0.4, 0.5) is 0 Å². The summed E-state index contributed by atoms with van der Waals surface area (Å²) in [6.45, 7) is 15.5. The van der Waals surface area contributed by atoms with Gasteiger partial charge in [-0.1, -0.05) is 46.3 Å². The molecule has 2 heterocycles. The standard InChI is InChI=1S/C39H66O6/c1-7-9-34-36(17-10-25(4)21-33(41)22-30-18-19-44-27(30)6)45-39(26(5)37(34)42)38(43)35(29-13-14-29)23-32(40)16-15-31(28-11-12-28)20-24(3)8-2/h25-31,34-39,42-43H,3,7-23H2,1-2,4-6H3/t25?,26?,27-,30?,31?,34-,35?,36?,37?,38?,39+/m0/s1. The highest BCUT2D eigenvalue weighted by atomic mass is 16.5. The van der Waals surface area contributed by atoms with E-state index in [1.54, 1.807) is 0 Å². The van der Waals surface area contributed by atoms with Gasteiger partial charge in [-0.25, -0.2) is 0 Å². The van der Waals surface area contributed by atoms with E-state index >= 15 is 0 Å². The lowest BCUT2D eigenvalue weighted by Crippen LogP contribution is -2.55. The third-order valence-electron chi connectivity index (χ3n) is 12.1. The van der Waals surface area contributed by atoms with E-state index in [0.717, 1.165) is 76.7 Å². The Morgan fingerprint density at radius 3 is 2.24 bits per heavy atom. The Balaban J connectivity index is 1.33. The Morgan fingerprint density at radius 1 is 0.933 bits per heavy atom. The molecule has 4 aliphatic rings. The van der Waals surface area contributed by atoms with Crippen molar-refractivity contribution < 1.29 is 29.3 Å². The fourth-order valence-corrected chi connectivity index (χ4v) is 8.59. The molecule has 0 radical (unpaired) electrons. The number of ether oxygens (including phenoxy) is 2. The average Bonchev–Trinajstić information content (AvgIpc) is 3.94. The molecule has 0 aromatic carbocycles. The molecule has 0 aromatic rings. The lowest BCUT2D eigenvalue weighted by atomic mass is 9.73. The van der Waals surface area contributed by atoms with Gasteiger partial charge < -0.3 is 19.7 Å². The maximum Gasteiger partial charge on any atom is 0.133 e. The second-order valence-corrected chi connectivity index (χ2v) is 15.9. The Labute approximate surface area is 274 Å². The number of rotatable bonds is 21. The van der Waals surface area contributed by atoms with Gasteiger partial charge in [0.1, 0.15) is 11.6 Å². The molecule has 0 spiro atoms. The van der Waals surface area contributed by atoms with Gasteiger partial charge in [0.05, 0.1) is 30.5 Å². The number of ketones is 2. The zero-order valence-corrected chi connectivity index (χ0v) is 29.3. The van der Waals surface area contributed by atoms with E-state index in [0.29, 0.717) is 49.2 Å². The summed E-state index contributed by atoms with van der Waals surface area (Å²) in [4.78, 5) is 26.2. The molecule has 11 atom stereocenters. The predicted octanol–water partition coefficient (Wildman–Crippen LogP) is 7.87. The van der Waals surface area contributed by atoms with Crippen molar-refractivity contribution in [2.24, 2.45) is 47.3 Å². The summed E-state index contributed by atoms with van der Waals surface area (Å²) in [7, 11) is 0. The van der Waals surface area contributed by atoms with Crippen LogP contribution < -0.4 is 0 Å². The van der Waals surface area contributed by atoms with Gasteiger partial charge in [0.15, 0.2) is 0 Å². The molecule has 2 aliphatic carbocycles. The first kappa shape index (κ1) is 36.8. The Kier molecular flexibility index (Phi) is 14.2. The summed E-state index contributed by atoms with van der Waals surface area (Å²) in [5.41, 5.74) is 1.29. The fourth-order valence-electron chi connectivity index (χ4n) is 8.59. The molecule has 0 aromatic heterocycles. The van der Waals surface area contributed by atoms with E-state index in [1.807, 2.05) is 6.92 Å². The molecule has 2 saturated heterocycles. The molecule has 2 aliphatic heterocycles. The molecule has 4 fully saturated rings. The number of carbonyl (C=O) groups excluding carboxylic acids is 2. The molecule has 0 amide bonds. The van der Waals surface area contributed by atoms with E-state index in [1.165, 1.54) is 18.4 Å². The molecule has 4 rings (SSSR count). The monoisotopic (exact) mass is 630 g/mol. The van der Waals surface area contributed by atoms with Gasteiger partial charge in [-0.3, -0.25) is 9.59 Å². The van der Waals surface area contributed by atoms with Gasteiger partial charge in [-0.05, 0) is 113 Å². The van der Waals surface area contributed by atoms with Gasteiger partial charge in [-0.15, -0.1) is 0 Å². The number of allylic oxidation sites excluding steroid dienone is 1. The van der Waals surface area contributed by atoms with Crippen LogP contribution in [0, 0.1) is 47.3 Å². The molecule has 0 bridgehead atoms. The third-order valence-corrected chi connectivity index (χ3v) is 12.1. The third kappa shape index (κ3) is 10.7. The molecule has 258 valence electrons. The van der Waals surface area contributed by atoms with E-state index in [2.05, 4.69) is 34.3 Å². The summed E-state index contributed by atoms with van der Waals surface area (Å²) in [5, 5.41) is 23.4. The number of aliphatic hydroxyl groups is 2. The number of aliphatic hydroxyl groups excluding tert-OH is 2. The lowest BCUT2D eigenvalue weighted by molar-refractivity contribution is -0.210. The van der Waals surface area contributed by atoms with E-state index in [4.69, 9.17) is 9.47 Å². The van der Waals surface area contributed by atoms with Crippen molar-refractivity contribution in [3.8, 4) is 0 Å². The van der Waals surface area contributed by atoms with Crippen molar-refractivity contribution >= 4 is 11.6 Å². The zero-order chi connectivity index (χ0) is 32.7. The number of hydrogen-bond donors (Lipinski definition) is 2. The van der Waals surface area contributed by atoms with E-state index in [9.17, 15) is 19.8 Å². The summed E-state index contributed by atoms with van der Waals surface area (Å²) < 4.78 is 12.4. The van der Waals surface area contributed by atoms with Crippen LogP contribution in [0.2, 0.25) is 0 Å². The maximum absolute atomic E-state index is 13.4. The number of hydrogen-bond acceptors (Lipinski definition) is 6. The largest absolute Gasteiger partial charge is 0.392 e. The fraction of sp³-hybridized carbons (Fsp3) is 0.897. The van der Waals surface area contributed by atoms with Gasteiger partial charge >= 0.3 is 0 Å². The topological polar surface area (TPSA) is 93.1 Å². The highest BCUT2D eigenvalue weighted by Gasteiger charge is 2.49. The van der Waals surface area contributed by atoms with Crippen LogP contribution in [-0.4, -0.2) is 58.9 Å². The van der Waals surface area contributed by atoms with Crippen LogP contribution in [0.1, 0.15) is 137 Å². The van der Waals surface area contributed by atoms with Crippen molar-refractivity contribution in [2.75, 3.05) is 6.61 Å². The minimum absolute atomic E-state index is 0.0195. The van der Waals surface area contributed by atoms with Crippen LogP contribution in [0.15, 0.2) is 12.2 Å². The van der Waals surface area contributed by atoms with Gasteiger partial charge in [0.25, 0.3) is 0 Å². The lowest BCUT2D eigenvalue weighted by Gasteiger charge is -2.47. The average molecular weight is 631 g/mol. The van der Waals surface area contributed by atoms with Crippen molar-refractivity contribution in [3.63, 3.8) is 0 Å². The van der Waals surface area contributed by atoms with Crippen LogP contribution >= 0.6 is 0 Å². The minimum atomic E-state index is -0.759. The van der Waals surface area contributed by atoms with E-state index < -0.39 is 18.3 Å². The summed E-state index contributed by atoms with van der Waals surface area (Å²) in [6, 6.07) is 0. The van der Waals surface area contributed by atoms with E-state index in [-0.39, 0.29) is 41.7 Å². The quantitative estimate of drug-likeness (QED) is 0.125. The second kappa shape index (κ2) is 17.4. The van der Waals surface area contributed by atoms with Crippen molar-refractivity contribution in [1.29, 1.82) is 0 Å². The van der Waals surface area contributed by atoms with Crippen molar-refractivity contribution in [3.05, 3.63) is 12.2 Å². The summed E-state index contributed by atoms with van der Waals surface area (Å²) in [6.07, 6.45) is 12.5. The van der Waals surface area contributed by atoms with Gasteiger partial charge in [0, 0.05) is 44.1 Å². The second-order valence-electron chi connectivity index (χ2n) is 15.9. The van der Waals surface area contributed by atoms with Crippen LogP contribution in [-0.2, 0) is 19.1 Å². The molecular weight excluding hydrogens is 564 g/mol. The first-order valence-electron chi connectivity index (χ1n) is 18.8. The molecule has 6 heteroatoms. The highest BCUT2D eigenvalue weighted by molar-refractivity contribution is 5.79. The summed E-state index contributed by atoms with van der Waals surface area (Å²) >= 11 is 0. The first-order chi connectivity index (χ1) is 21.5. The predicted molar refractivity (Wildman–Crippen MR) is 180 cm³/mol.